The molecular formula is C11H13BrN2O6S. The van der Waals surface area contributed by atoms with Crippen LogP contribution in [0.1, 0.15) is 13.8 Å². The summed E-state index contributed by atoms with van der Waals surface area (Å²) in [4.78, 5) is 20.6. The van der Waals surface area contributed by atoms with Crippen molar-refractivity contribution >= 4 is 37.6 Å². The molecule has 0 spiro atoms. The van der Waals surface area contributed by atoms with Crippen LogP contribution < -0.4 is 4.72 Å². The summed E-state index contributed by atoms with van der Waals surface area (Å²) in [5.74, 6) is -1.87. The first kappa shape index (κ1) is 17.5. The van der Waals surface area contributed by atoms with Gasteiger partial charge in [-0.2, -0.15) is 4.72 Å². The fourth-order valence-electron chi connectivity index (χ4n) is 1.56. The number of benzene rings is 1. The fourth-order valence-corrected chi connectivity index (χ4v) is 3.40. The molecule has 0 unspecified atom stereocenters. The Hall–Kier alpha value is -1.52. The maximum Gasteiger partial charge on any atom is 0.322 e. The highest BCUT2D eigenvalue weighted by molar-refractivity contribution is 9.10. The molecule has 0 saturated carbocycles. The van der Waals surface area contributed by atoms with Crippen LogP contribution in [0.2, 0.25) is 0 Å². The van der Waals surface area contributed by atoms with Crippen molar-refractivity contribution in [3.63, 3.8) is 0 Å². The second kappa shape index (κ2) is 6.50. The monoisotopic (exact) mass is 380 g/mol. The number of nitro groups is 1. The van der Waals surface area contributed by atoms with Gasteiger partial charge in [-0.15, -0.1) is 0 Å². The number of nitrogens with one attached hydrogen (secondary N) is 1. The highest BCUT2D eigenvalue weighted by atomic mass is 79.9. The topological polar surface area (TPSA) is 127 Å². The number of hydrogen-bond acceptors (Lipinski definition) is 5. The predicted molar refractivity (Wildman–Crippen MR) is 77.4 cm³/mol. The van der Waals surface area contributed by atoms with Gasteiger partial charge in [0.25, 0.3) is 5.69 Å². The number of carboxylic acid groups (broad SMARTS) is 1. The molecule has 0 aliphatic heterocycles. The Kier molecular flexibility index (Phi) is 5.42. The zero-order chi connectivity index (χ0) is 16.4. The summed E-state index contributed by atoms with van der Waals surface area (Å²) in [5, 5.41) is 20.0. The van der Waals surface area contributed by atoms with Gasteiger partial charge in [-0.1, -0.05) is 29.8 Å². The predicted octanol–water partition coefficient (Wildman–Crippen LogP) is 1.74. The number of nitrogens with zero attached hydrogens (tertiary/aromatic N) is 1. The number of rotatable bonds is 6. The van der Waals surface area contributed by atoms with Crippen LogP contribution in [0.3, 0.4) is 0 Å². The molecule has 0 aliphatic carbocycles. The molecule has 0 saturated heterocycles. The van der Waals surface area contributed by atoms with Crippen LogP contribution in [0, 0.1) is 16.0 Å². The van der Waals surface area contributed by atoms with E-state index in [9.17, 15) is 23.3 Å². The first-order valence-corrected chi connectivity index (χ1v) is 8.03. The normalized spacial score (nSPS) is 13.1. The Bertz CT molecular complexity index is 673. The minimum absolute atomic E-state index is 0.340. The summed E-state index contributed by atoms with van der Waals surface area (Å²) >= 11 is 3.01. The lowest BCUT2D eigenvalue weighted by Gasteiger charge is -2.17. The van der Waals surface area contributed by atoms with Crippen LogP contribution in [0.4, 0.5) is 5.69 Å². The minimum Gasteiger partial charge on any atom is -0.480 e. The molecule has 21 heavy (non-hydrogen) atoms. The third-order valence-electron chi connectivity index (χ3n) is 2.62. The molecule has 1 atom stereocenters. The number of aliphatic carboxylic acids is 1. The molecule has 0 radical (unpaired) electrons. The summed E-state index contributed by atoms with van der Waals surface area (Å²) in [5.41, 5.74) is -0.634. The molecule has 2 N–H and O–H groups in total. The Morgan fingerprint density at radius 1 is 1.43 bits per heavy atom. The summed E-state index contributed by atoms with van der Waals surface area (Å²) < 4.78 is 26.7. The molecule has 0 heterocycles. The lowest BCUT2D eigenvalue weighted by Crippen LogP contribution is -2.44. The Labute approximate surface area is 129 Å². The Morgan fingerprint density at radius 3 is 2.43 bits per heavy atom. The van der Waals surface area contributed by atoms with Crippen molar-refractivity contribution in [1.82, 2.24) is 4.72 Å². The lowest BCUT2D eigenvalue weighted by molar-refractivity contribution is -0.387. The average Bonchev–Trinajstić information content (AvgIpc) is 2.34. The molecule has 116 valence electrons. The SMILES string of the molecule is CC(C)[C@@H](NS(=O)(=O)c1ccc(Br)cc1[N+](=O)[O-])C(=O)O. The number of carboxylic acids is 1. The third-order valence-corrected chi connectivity index (χ3v) is 4.60. The van der Waals surface area contributed by atoms with Gasteiger partial charge in [-0.25, -0.2) is 8.42 Å². The molecule has 8 nitrogen and oxygen atoms in total. The van der Waals surface area contributed by atoms with Gasteiger partial charge in [-0.05, 0) is 18.1 Å². The van der Waals surface area contributed by atoms with Crippen LogP contribution in [-0.4, -0.2) is 30.5 Å². The van der Waals surface area contributed by atoms with Crippen LogP contribution in [0.5, 0.6) is 0 Å². The molecule has 0 aromatic heterocycles. The van der Waals surface area contributed by atoms with Crippen LogP contribution >= 0.6 is 15.9 Å². The zero-order valence-electron chi connectivity index (χ0n) is 11.1. The second-order valence-electron chi connectivity index (χ2n) is 4.55. The summed E-state index contributed by atoms with van der Waals surface area (Å²) in [6, 6.07) is 2.04. The second-order valence-corrected chi connectivity index (χ2v) is 7.15. The highest BCUT2D eigenvalue weighted by Crippen LogP contribution is 2.27. The van der Waals surface area contributed by atoms with Crippen molar-refractivity contribution in [3.8, 4) is 0 Å². The largest absolute Gasteiger partial charge is 0.480 e. The van der Waals surface area contributed by atoms with Gasteiger partial charge in [-0.3, -0.25) is 14.9 Å². The standard InChI is InChI=1S/C11H13BrN2O6S/c1-6(2)10(11(15)16)13-21(19,20)9-4-3-7(12)5-8(9)14(17)18/h3-6,10,13H,1-2H3,(H,15,16)/t10-/m1/s1. The molecule has 0 aliphatic rings. The first-order valence-electron chi connectivity index (χ1n) is 5.75. The third kappa shape index (κ3) is 4.22. The van der Waals surface area contributed by atoms with Gasteiger partial charge in [0.2, 0.25) is 10.0 Å². The highest BCUT2D eigenvalue weighted by Gasteiger charge is 2.32. The number of sulfonamides is 1. The number of carbonyl (C=O) groups is 1. The maximum absolute atomic E-state index is 12.2. The Morgan fingerprint density at radius 2 is 2.00 bits per heavy atom. The van der Waals surface area contributed by atoms with Gasteiger partial charge in [0, 0.05) is 10.5 Å². The van der Waals surface area contributed by atoms with Gasteiger partial charge in [0.05, 0.1) is 4.92 Å². The van der Waals surface area contributed by atoms with Crippen molar-refractivity contribution in [2.24, 2.45) is 5.92 Å². The van der Waals surface area contributed by atoms with Crippen molar-refractivity contribution in [1.29, 1.82) is 0 Å². The van der Waals surface area contributed by atoms with Gasteiger partial charge in [0.1, 0.15) is 6.04 Å². The van der Waals surface area contributed by atoms with Gasteiger partial charge in [0.15, 0.2) is 4.90 Å². The molecule has 0 fully saturated rings. The Balaban J connectivity index is 3.32. The summed E-state index contributed by atoms with van der Waals surface area (Å²) in [6.07, 6.45) is 0. The van der Waals surface area contributed by atoms with E-state index >= 15 is 0 Å². The molecule has 10 heteroatoms. The van der Waals surface area contributed by atoms with Crippen molar-refractivity contribution in [3.05, 3.63) is 32.8 Å². The summed E-state index contributed by atoms with van der Waals surface area (Å²) in [6.45, 7) is 3.05. The van der Waals surface area contributed by atoms with E-state index in [1.54, 1.807) is 0 Å². The van der Waals surface area contributed by atoms with E-state index in [2.05, 4.69) is 15.9 Å². The van der Waals surface area contributed by atoms with E-state index in [0.29, 0.717) is 4.47 Å². The van der Waals surface area contributed by atoms with Gasteiger partial charge < -0.3 is 5.11 Å². The van der Waals surface area contributed by atoms with Crippen molar-refractivity contribution in [2.45, 2.75) is 24.8 Å². The number of nitro benzene ring substituents is 1. The van der Waals surface area contributed by atoms with Gasteiger partial charge >= 0.3 is 5.97 Å². The van der Waals surface area contributed by atoms with Crippen LogP contribution in [0.15, 0.2) is 27.6 Å². The van der Waals surface area contributed by atoms with E-state index < -0.39 is 43.5 Å². The minimum atomic E-state index is -4.34. The van der Waals surface area contributed by atoms with Crippen molar-refractivity contribution in [2.75, 3.05) is 0 Å². The molecule has 0 amide bonds. The smallest absolute Gasteiger partial charge is 0.322 e. The first-order chi connectivity index (χ1) is 9.56. The average molecular weight is 381 g/mol. The quantitative estimate of drug-likeness (QED) is 0.571. The van der Waals surface area contributed by atoms with Crippen LogP contribution in [0.25, 0.3) is 0 Å². The van der Waals surface area contributed by atoms with E-state index in [-0.39, 0.29) is 0 Å². The molecule has 1 aromatic carbocycles. The zero-order valence-corrected chi connectivity index (χ0v) is 13.5. The number of halogens is 1. The molecular weight excluding hydrogens is 368 g/mol. The maximum atomic E-state index is 12.2. The van der Waals surface area contributed by atoms with Crippen molar-refractivity contribution < 1.29 is 23.2 Å². The molecule has 1 rings (SSSR count). The lowest BCUT2D eigenvalue weighted by atomic mass is 10.1. The number of hydrogen-bond donors (Lipinski definition) is 2. The van der Waals surface area contributed by atoms with E-state index in [1.165, 1.54) is 19.9 Å². The van der Waals surface area contributed by atoms with Crippen LogP contribution in [-0.2, 0) is 14.8 Å². The molecule has 1 aromatic rings. The molecule has 0 bridgehead atoms. The fraction of sp³-hybridized carbons (Fsp3) is 0.364. The van der Waals surface area contributed by atoms with E-state index in [4.69, 9.17) is 5.11 Å². The van der Waals surface area contributed by atoms with E-state index in [0.717, 1.165) is 12.1 Å². The summed E-state index contributed by atoms with van der Waals surface area (Å²) in [7, 11) is -4.34. The van der Waals surface area contributed by atoms with E-state index in [1.807, 2.05) is 4.72 Å².